The lowest BCUT2D eigenvalue weighted by atomic mass is 9.99. The van der Waals surface area contributed by atoms with Crippen molar-refractivity contribution in [3.63, 3.8) is 0 Å². The van der Waals surface area contributed by atoms with Gasteiger partial charge in [-0.05, 0) is 26.3 Å². The smallest absolute Gasteiger partial charge is 0.142 e. The highest BCUT2D eigenvalue weighted by Crippen LogP contribution is 2.30. The molecule has 0 aromatic carbocycles. The summed E-state index contributed by atoms with van der Waals surface area (Å²) in [4.78, 5) is 11.7. The van der Waals surface area contributed by atoms with Crippen molar-refractivity contribution >= 4 is 5.82 Å². The number of nitrogens with two attached hydrogens (primary N) is 1. The Kier molecular flexibility index (Phi) is 4.48. The maximum absolute atomic E-state index is 10.1. The maximum atomic E-state index is 10.1. The first-order valence-corrected chi connectivity index (χ1v) is 7.34. The lowest BCUT2D eigenvalue weighted by Crippen LogP contribution is -2.19. The average Bonchev–Trinajstić information content (AvgIpc) is 2.91. The second kappa shape index (κ2) is 6.16. The van der Waals surface area contributed by atoms with Crippen LogP contribution in [0.15, 0.2) is 12.3 Å². The van der Waals surface area contributed by atoms with Crippen LogP contribution >= 0.6 is 0 Å². The van der Waals surface area contributed by atoms with Gasteiger partial charge in [0.25, 0.3) is 0 Å². The second-order valence-electron chi connectivity index (χ2n) is 5.83. The number of nitriles is 1. The number of aromatic nitrogens is 3. The summed E-state index contributed by atoms with van der Waals surface area (Å²) in [6.07, 6.45) is 4.68. The topological polar surface area (TPSA) is 112 Å². The number of nitrogens with one attached hydrogen (secondary N) is 1. The molecule has 0 saturated heterocycles. The monoisotopic (exact) mass is 299 g/mol. The predicted molar refractivity (Wildman–Crippen MR) is 84.8 cm³/mol. The highest BCUT2D eigenvalue weighted by molar-refractivity contribution is 5.73. The molecule has 0 bridgehead atoms. The largest absolute Gasteiger partial charge is 0.384 e. The predicted octanol–water partition coefficient (Wildman–Crippen LogP) is 2.50. The molecule has 116 valence electrons. The van der Waals surface area contributed by atoms with Gasteiger partial charge in [-0.25, -0.2) is 9.97 Å². The molecule has 0 radical (unpaired) electrons. The highest BCUT2D eigenvalue weighted by atomic mass is 16.3. The maximum Gasteiger partial charge on any atom is 0.142 e. The van der Waals surface area contributed by atoms with Crippen molar-refractivity contribution in [3.05, 3.63) is 29.3 Å². The van der Waals surface area contributed by atoms with Crippen LogP contribution in [0.2, 0.25) is 0 Å². The second-order valence-corrected chi connectivity index (χ2v) is 5.83. The van der Waals surface area contributed by atoms with Gasteiger partial charge in [-0.1, -0.05) is 13.3 Å². The minimum absolute atomic E-state index is 0.113. The Morgan fingerprint density at radius 1 is 1.45 bits per heavy atom. The van der Waals surface area contributed by atoms with Crippen molar-refractivity contribution in [2.24, 2.45) is 0 Å². The molecule has 6 heteroatoms. The van der Waals surface area contributed by atoms with E-state index in [2.05, 4.69) is 27.9 Å². The van der Waals surface area contributed by atoms with Gasteiger partial charge in [0.2, 0.25) is 0 Å². The molecule has 2 rings (SSSR count). The molecule has 0 aliphatic heterocycles. The Morgan fingerprint density at radius 3 is 2.77 bits per heavy atom. The van der Waals surface area contributed by atoms with E-state index in [1.807, 2.05) is 0 Å². The molecule has 0 atom stereocenters. The molecule has 22 heavy (non-hydrogen) atoms. The molecular formula is C16H21N5O. The van der Waals surface area contributed by atoms with Gasteiger partial charge in [0.1, 0.15) is 28.9 Å². The van der Waals surface area contributed by atoms with E-state index in [9.17, 15) is 10.4 Å². The molecule has 0 spiro atoms. The van der Waals surface area contributed by atoms with Crippen molar-refractivity contribution in [3.8, 4) is 17.3 Å². The van der Waals surface area contributed by atoms with E-state index in [-0.39, 0.29) is 5.82 Å². The van der Waals surface area contributed by atoms with Crippen LogP contribution in [0, 0.1) is 11.3 Å². The van der Waals surface area contributed by atoms with E-state index in [1.165, 1.54) is 0 Å². The molecule has 0 unspecified atom stereocenters. The standard InChI is InChI=1S/C16H21N5O/c1-4-5-6-14-19-9-12(20-14)10-7-13(16(2,3)22)21-15(18)11(10)8-17/h7,9,22H,4-6H2,1-3H3,(H2,18,21)(H,19,20). The Balaban J connectivity index is 2.51. The van der Waals surface area contributed by atoms with Crippen LogP contribution in [0.25, 0.3) is 11.3 Å². The quantitative estimate of drug-likeness (QED) is 0.785. The number of rotatable bonds is 5. The molecular weight excluding hydrogens is 278 g/mol. The van der Waals surface area contributed by atoms with E-state index in [1.54, 1.807) is 26.1 Å². The first-order valence-electron chi connectivity index (χ1n) is 7.34. The Bertz CT molecular complexity index is 706. The lowest BCUT2D eigenvalue weighted by Gasteiger charge is -2.18. The van der Waals surface area contributed by atoms with Gasteiger partial charge >= 0.3 is 0 Å². The Morgan fingerprint density at radius 2 is 2.18 bits per heavy atom. The molecule has 0 aliphatic carbocycles. The van der Waals surface area contributed by atoms with Crippen molar-refractivity contribution in [1.29, 1.82) is 5.26 Å². The summed E-state index contributed by atoms with van der Waals surface area (Å²) in [5.74, 6) is 0.989. The summed E-state index contributed by atoms with van der Waals surface area (Å²) in [5.41, 5.74) is 6.77. The third-order valence-electron chi connectivity index (χ3n) is 3.47. The van der Waals surface area contributed by atoms with Crippen LogP contribution in [0.3, 0.4) is 0 Å². The number of hydrogen-bond donors (Lipinski definition) is 3. The minimum Gasteiger partial charge on any atom is -0.384 e. The summed E-state index contributed by atoms with van der Waals surface area (Å²) in [6, 6.07) is 3.76. The molecule has 0 fully saturated rings. The van der Waals surface area contributed by atoms with Crippen LogP contribution in [0.1, 0.15) is 50.7 Å². The van der Waals surface area contributed by atoms with Gasteiger partial charge < -0.3 is 15.8 Å². The number of anilines is 1. The zero-order valence-electron chi connectivity index (χ0n) is 13.1. The fourth-order valence-electron chi connectivity index (χ4n) is 2.18. The Hall–Kier alpha value is -2.39. The van der Waals surface area contributed by atoms with E-state index < -0.39 is 5.60 Å². The molecule has 0 aliphatic rings. The molecule has 2 aromatic heterocycles. The van der Waals surface area contributed by atoms with Crippen LogP contribution in [0.5, 0.6) is 0 Å². The Labute approximate surface area is 130 Å². The number of aryl methyl sites for hydroxylation is 1. The van der Waals surface area contributed by atoms with E-state index in [0.717, 1.165) is 25.1 Å². The fraction of sp³-hybridized carbons (Fsp3) is 0.438. The van der Waals surface area contributed by atoms with Crippen molar-refractivity contribution in [2.75, 3.05) is 5.73 Å². The zero-order chi connectivity index (χ0) is 16.3. The fourth-order valence-corrected chi connectivity index (χ4v) is 2.18. The van der Waals surface area contributed by atoms with Crippen LogP contribution in [-0.2, 0) is 12.0 Å². The number of aliphatic hydroxyl groups is 1. The lowest BCUT2D eigenvalue weighted by molar-refractivity contribution is 0.0740. The van der Waals surface area contributed by atoms with Gasteiger partial charge in [-0.15, -0.1) is 0 Å². The number of nitrogen functional groups attached to an aromatic ring is 1. The zero-order valence-corrected chi connectivity index (χ0v) is 13.1. The summed E-state index contributed by atoms with van der Waals surface area (Å²) in [7, 11) is 0. The normalized spacial score (nSPS) is 11.4. The summed E-state index contributed by atoms with van der Waals surface area (Å²) in [6.45, 7) is 5.38. The molecule has 4 N–H and O–H groups in total. The number of hydrogen-bond acceptors (Lipinski definition) is 5. The first kappa shape index (κ1) is 16.0. The van der Waals surface area contributed by atoms with Gasteiger partial charge in [-0.3, -0.25) is 0 Å². The molecule has 0 amide bonds. The third kappa shape index (κ3) is 3.26. The summed E-state index contributed by atoms with van der Waals surface area (Å²) in [5, 5.41) is 19.5. The van der Waals surface area contributed by atoms with Crippen LogP contribution in [-0.4, -0.2) is 20.1 Å². The SMILES string of the molecule is CCCCc1ncc(-c2cc(C(C)(C)O)nc(N)c2C#N)[nH]1. The van der Waals surface area contributed by atoms with Gasteiger partial charge in [0, 0.05) is 12.0 Å². The van der Waals surface area contributed by atoms with E-state index in [0.29, 0.717) is 22.5 Å². The number of aromatic amines is 1. The van der Waals surface area contributed by atoms with E-state index >= 15 is 0 Å². The summed E-state index contributed by atoms with van der Waals surface area (Å²) < 4.78 is 0. The minimum atomic E-state index is -1.14. The van der Waals surface area contributed by atoms with Crippen molar-refractivity contribution < 1.29 is 5.11 Å². The number of H-pyrrole nitrogens is 1. The van der Waals surface area contributed by atoms with Crippen molar-refractivity contribution in [1.82, 2.24) is 15.0 Å². The number of unbranched alkanes of at least 4 members (excludes halogenated alkanes) is 1. The third-order valence-corrected chi connectivity index (χ3v) is 3.47. The molecule has 6 nitrogen and oxygen atoms in total. The molecule has 2 heterocycles. The number of pyridine rings is 1. The van der Waals surface area contributed by atoms with Gasteiger partial charge in [-0.2, -0.15) is 5.26 Å². The number of imidazole rings is 1. The van der Waals surface area contributed by atoms with E-state index in [4.69, 9.17) is 5.73 Å². The van der Waals surface area contributed by atoms with Crippen LogP contribution < -0.4 is 5.73 Å². The van der Waals surface area contributed by atoms with Gasteiger partial charge in [0.15, 0.2) is 0 Å². The molecule has 0 saturated carbocycles. The first-order chi connectivity index (χ1) is 10.4. The highest BCUT2D eigenvalue weighted by Gasteiger charge is 2.22. The van der Waals surface area contributed by atoms with Crippen LogP contribution in [0.4, 0.5) is 5.82 Å². The summed E-state index contributed by atoms with van der Waals surface area (Å²) >= 11 is 0. The molecule has 2 aromatic rings. The average molecular weight is 299 g/mol. The number of nitrogens with zero attached hydrogens (tertiary/aromatic N) is 3. The van der Waals surface area contributed by atoms with Gasteiger partial charge in [0.05, 0.1) is 17.6 Å². The van der Waals surface area contributed by atoms with Crippen molar-refractivity contribution in [2.45, 2.75) is 45.6 Å².